The zero-order valence-electron chi connectivity index (χ0n) is 17.4. The maximum Gasteiger partial charge on any atom is 0.227 e. The number of hydrogen-bond donors (Lipinski definition) is 1. The van der Waals surface area contributed by atoms with Crippen LogP contribution in [0.5, 0.6) is 0 Å². The molecule has 3 aromatic carbocycles. The summed E-state index contributed by atoms with van der Waals surface area (Å²) in [6, 6.07) is 20.3. The van der Waals surface area contributed by atoms with E-state index in [9.17, 15) is 12.6 Å². The van der Waals surface area contributed by atoms with Crippen LogP contribution in [0.15, 0.2) is 77.7 Å². The van der Waals surface area contributed by atoms with E-state index in [-0.39, 0.29) is 4.90 Å². The van der Waals surface area contributed by atoms with Crippen LogP contribution in [0.25, 0.3) is 10.8 Å². The quantitative estimate of drug-likeness (QED) is 0.586. The highest BCUT2D eigenvalue weighted by Crippen LogP contribution is 2.36. The summed E-state index contributed by atoms with van der Waals surface area (Å²) in [4.78, 5) is -0.118. The Morgan fingerprint density at radius 2 is 1.43 bits per heavy atom. The van der Waals surface area contributed by atoms with Gasteiger partial charge in [-0.25, -0.2) is 21.7 Å². The number of fused-ring (bicyclic) bond motifs is 1. The smallest absolute Gasteiger partial charge is 0.227 e. The summed E-state index contributed by atoms with van der Waals surface area (Å²) >= 11 is 0. The van der Waals surface area contributed by atoms with Gasteiger partial charge in [0.2, 0.25) is 15.3 Å². The van der Waals surface area contributed by atoms with Crippen LogP contribution in [0.3, 0.4) is 0 Å². The molecular weight excluding hydrogens is 421 g/mol. The maximum atomic E-state index is 16.0. The molecule has 4 nitrogen and oxygen atoms in total. The van der Waals surface area contributed by atoms with Gasteiger partial charge in [-0.05, 0) is 62.2 Å². The molecule has 0 radical (unpaired) electrons. The second kappa shape index (κ2) is 8.21. The monoisotopic (exact) mass is 447 g/mol. The molecule has 3 aromatic rings. The van der Waals surface area contributed by atoms with Gasteiger partial charge in [0, 0.05) is 0 Å². The number of hydrogen-bond acceptors (Lipinski definition) is 3. The van der Waals surface area contributed by atoms with E-state index < -0.39 is 36.6 Å². The minimum Gasteiger partial charge on any atom is -0.242 e. The average Bonchev–Trinajstić information content (AvgIpc) is 2.72. The predicted octanol–water partition coefficient (Wildman–Crippen LogP) is 4.88. The fraction of sp³-hybridized carbons (Fsp3) is 0.304. The van der Waals surface area contributed by atoms with Crippen molar-refractivity contribution >= 4 is 31.6 Å². The summed E-state index contributed by atoms with van der Waals surface area (Å²) in [6.07, 6.45) is 0. The van der Waals surface area contributed by atoms with Crippen LogP contribution in [0, 0.1) is 0 Å². The first-order valence-corrected chi connectivity index (χ1v) is 12.3. The van der Waals surface area contributed by atoms with Crippen molar-refractivity contribution < 1.29 is 17.0 Å². The average molecular weight is 448 g/mol. The highest BCUT2D eigenvalue weighted by Gasteiger charge is 2.47. The lowest BCUT2D eigenvalue weighted by Gasteiger charge is -2.36. The molecule has 0 heterocycles. The highest BCUT2D eigenvalue weighted by molar-refractivity contribution is 7.92. The van der Waals surface area contributed by atoms with Gasteiger partial charge >= 0.3 is 0 Å². The minimum absolute atomic E-state index is 0.118. The van der Waals surface area contributed by atoms with Gasteiger partial charge in [-0.2, -0.15) is 0 Å². The van der Waals surface area contributed by atoms with Crippen LogP contribution in [0.1, 0.15) is 33.3 Å². The lowest BCUT2D eigenvalue weighted by atomic mass is 9.92. The van der Waals surface area contributed by atoms with Gasteiger partial charge in [0.1, 0.15) is 0 Å². The Balaban J connectivity index is 2.17. The number of rotatable bonds is 6. The molecule has 0 saturated carbocycles. The Bertz CT molecular complexity index is 1170. The molecular formula is C23H26FNO3S2. The summed E-state index contributed by atoms with van der Waals surface area (Å²) in [7, 11) is -6.06. The second-order valence-corrected chi connectivity index (χ2v) is 12.4. The minimum atomic E-state index is -4.35. The van der Waals surface area contributed by atoms with Crippen molar-refractivity contribution in [1.29, 1.82) is 0 Å². The molecule has 1 N–H and O–H groups in total. The van der Waals surface area contributed by atoms with Crippen LogP contribution in [-0.4, -0.2) is 22.9 Å². The summed E-state index contributed by atoms with van der Waals surface area (Å²) < 4.78 is 57.2. The third-order valence-corrected chi connectivity index (χ3v) is 8.68. The molecule has 7 heteroatoms. The normalized spacial score (nSPS) is 16.7. The lowest BCUT2D eigenvalue weighted by Crippen LogP contribution is -2.54. The zero-order valence-corrected chi connectivity index (χ0v) is 19.1. The Kier molecular flexibility index (Phi) is 6.18. The van der Waals surface area contributed by atoms with E-state index in [0.717, 1.165) is 10.8 Å². The van der Waals surface area contributed by atoms with E-state index in [0.29, 0.717) is 5.56 Å². The molecule has 0 spiro atoms. The molecule has 1 unspecified atom stereocenters. The fourth-order valence-electron chi connectivity index (χ4n) is 3.13. The van der Waals surface area contributed by atoms with E-state index >= 15 is 4.39 Å². The van der Waals surface area contributed by atoms with E-state index in [1.54, 1.807) is 51.1 Å². The molecule has 0 saturated heterocycles. The fourth-order valence-corrected chi connectivity index (χ4v) is 5.71. The zero-order chi connectivity index (χ0) is 22.2. The third kappa shape index (κ3) is 4.33. The highest BCUT2D eigenvalue weighted by atomic mass is 32.2. The molecule has 0 aliphatic rings. The molecule has 3 atom stereocenters. The molecule has 0 amide bonds. The predicted molar refractivity (Wildman–Crippen MR) is 121 cm³/mol. The topological polar surface area (TPSA) is 63.2 Å². The van der Waals surface area contributed by atoms with Crippen LogP contribution >= 0.6 is 0 Å². The third-order valence-electron chi connectivity index (χ3n) is 5.01. The molecule has 160 valence electrons. The van der Waals surface area contributed by atoms with E-state index in [2.05, 4.69) is 4.72 Å². The Morgan fingerprint density at radius 3 is 2.03 bits per heavy atom. The maximum absolute atomic E-state index is 16.0. The van der Waals surface area contributed by atoms with Crippen molar-refractivity contribution in [3.8, 4) is 0 Å². The van der Waals surface area contributed by atoms with Crippen molar-refractivity contribution in [2.24, 2.45) is 0 Å². The SMILES string of the molecule is CC(C)(C)S(=O)N[C@](C)(c1ccc2ccccc2c1)[C@H](F)S(=O)(=O)c1ccccc1. The first-order valence-electron chi connectivity index (χ1n) is 9.58. The molecule has 3 rings (SSSR count). The van der Waals surface area contributed by atoms with Crippen molar-refractivity contribution in [3.05, 3.63) is 78.4 Å². The van der Waals surface area contributed by atoms with Crippen molar-refractivity contribution in [2.45, 2.75) is 48.4 Å². The molecule has 0 fully saturated rings. The molecule has 0 aliphatic carbocycles. The van der Waals surface area contributed by atoms with E-state index in [1.807, 2.05) is 30.3 Å². The van der Waals surface area contributed by atoms with Crippen molar-refractivity contribution in [3.63, 3.8) is 0 Å². The van der Waals surface area contributed by atoms with Crippen molar-refractivity contribution in [1.82, 2.24) is 4.72 Å². The van der Waals surface area contributed by atoms with Gasteiger partial charge in [0.15, 0.2) is 0 Å². The van der Waals surface area contributed by atoms with Gasteiger partial charge < -0.3 is 0 Å². The van der Waals surface area contributed by atoms with Gasteiger partial charge in [-0.3, -0.25) is 0 Å². The Morgan fingerprint density at radius 1 is 0.867 bits per heavy atom. The molecule has 0 aliphatic heterocycles. The summed E-state index contributed by atoms with van der Waals surface area (Å²) in [6.45, 7) is 6.69. The van der Waals surface area contributed by atoms with Crippen LogP contribution in [0.4, 0.5) is 4.39 Å². The lowest BCUT2D eigenvalue weighted by molar-refractivity contribution is 0.262. The van der Waals surface area contributed by atoms with Gasteiger partial charge in [0.05, 0.1) is 26.2 Å². The van der Waals surface area contributed by atoms with Gasteiger partial charge in [-0.1, -0.05) is 54.6 Å². The number of sulfone groups is 1. The summed E-state index contributed by atoms with van der Waals surface area (Å²) in [5.41, 5.74) is -3.69. The Labute approximate surface area is 180 Å². The first kappa shape index (κ1) is 22.6. The first-order chi connectivity index (χ1) is 14.0. The molecule has 30 heavy (non-hydrogen) atoms. The number of halogens is 1. The molecule has 0 bridgehead atoms. The number of nitrogens with one attached hydrogen (secondary N) is 1. The Hall–Kier alpha value is -2.09. The van der Waals surface area contributed by atoms with Gasteiger partial charge in [0.25, 0.3) is 0 Å². The van der Waals surface area contributed by atoms with Crippen LogP contribution < -0.4 is 4.72 Å². The van der Waals surface area contributed by atoms with E-state index in [4.69, 9.17) is 0 Å². The number of alkyl halides is 1. The van der Waals surface area contributed by atoms with Gasteiger partial charge in [-0.15, -0.1) is 0 Å². The standard InChI is InChI=1S/C23H26FNO3S2/c1-22(2,3)29(26)25-23(4,19-15-14-17-10-8-9-11-18(17)16-19)21(24)30(27,28)20-12-6-5-7-13-20/h5-16,21,25H,1-4H3/t21-,23-,29?/m1/s1. The second-order valence-electron chi connectivity index (χ2n) is 8.42. The summed E-state index contributed by atoms with van der Waals surface area (Å²) in [5, 5.41) is 1.79. The van der Waals surface area contributed by atoms with Crippen molar-refractivity contribution in [2.75, 3.05) is 0 Å². The molecule has 0 aromatic heterocycles. The van der Waals surface area contributed by atoms with E-state index in [1.165, 1.54) is 19.1 Å². The van der Waals surface area contributed by atoms with Crippen LogP contribution in [0.2, 0.25) is 0 Å². The van der Waals surface area contributed by atoms with Crippen LogP contribution in [-0.2, 0) is 26.4 Å². The largest absolute Gasteiger partial charge is 0.242 e. The summed E-state index contributed by atoms with van der Waals surface area (Å²) in [5.74, 6) is 0. The number of benzene rings is 3.